The second-order valence-electron chi connectivity index (χ2n) is 4.40. The minimum atomic E-state index is -0.842. The number of aromatic nitrogens is 2. The summed E-state index contributed by atoms with van der Waals surface area (Å²) in [5.74, 6) is -0.842. The van der Waals surface area contributed by atoms with Crippen LogP contribution in [0.3, 0.4) is 0 Å². The van der Waals surface area contributed by atoms with Gasteiger partial charge >= 0.3 is 5.97 Å². The summed E-state index contributed by atoms with van der Waals surface area (Å²) < 4.78 is 1.70. The molecule has 0 saturated heterocycles. The van der Waals surface area contributed by atoms with Crippen LogP contribution in [0, 0.1) is 6.92 Å². The van der Waals surface area contributed by atoms with Crippen LogP contribution in [0.5, 0.6) is 0 Å². The van der Waals surface area contributed by atoms with Crippen molar-refractivity contribution in [2.75, 3.05) is 0 Å². The Morgan fingerprint density at radius 2 is 1.95 bits per heavy atom. The fourth-order valence-electron chi connectivity index (χ4n) is 1.86. The van der Waals surface area contributed by atoms with E-state index >= 15 is 0 Å². The quantitative estimate of drug-likeness (QED) is 0.828. The average molecular weight is 258 g/mol. The van der Waals surface area contributed by atoms with E-state index in [1.165, 1.54) is 0 Å². The first-order valence-electron chi connectivity index (χ1n) is 5.87. The summed E-state index contributed by atoms with van der Waals surface area (Å²) in [6.07, 6.45) is 2.58. The summed E-state index contributed by atoms with van der Waals surface area (Å²) in [4.78, 5) is 21.3. The van der Waals surface area contributed by atoms with Gasteiger partial charge in [-0.25, -0.2) is 0 Å². The van der Waals surface area contributed by atoms with Gasteiger partial charge in [0, 0.05) is 6.20 Å². The maximum Gasteiger partial charge on any atom is 0.307 e. The molecule has 98 valence electrons. The van der Waals surface area contributed by atoms with Gasteiger partial charge in [0.25, 0.3) is 0 Å². The molecule has 2 aromatic rings. The van der Waals surface area contributed by atoms with E-state index in [9.17, 15) is 9.59 Å². The summed E-state index contributed by atoms with van der Waals surface area (Å²) in [7, 11) is 0. The van der Waals surface area contributed by atoms with Gasteiger partial charge in [-0.2, -0.15) is 5.10 Å². The Morgan fingerprint density at radius 1 is 1.32 bits per heavy atom. The molecule has 0 aliphatic carbocycles. The fourth-order valence-corrected chi connectivity index (χ4v) is 1.86. The fraction of sp³-hybridized carbons (Fsp3) is 0.214. The molecular formula is C14H14N2O3. The lowest BCUT2D eigenvalue weighted by molar-refractivity contribution is -0.136. The minimum Gasteiger partial charge on any atom is -0.481 e. The minimum absolute atomic E-state index is 0.0243. The predicted octanol–water partition coefficient (Wildman–Crippen LogP) is 1.68. The van der Waals surface area contributed by atoms with Crippen LogP contribution in [0.1, 0.15) is 27.2 Å². The molecule has 0 atom stereocenters. The molecule has 0 spiro atoms. The number of hydrogen-bond donors (Lipinski definition) is 1. The van der Waals surface area contributed by atoms with E-state index < -0.39 is 5.97 Å². The number of benzene rings is 1. The van der Waals surface area contributed by atoms with Crippen molar-refractivity contribution < 1.29 is 14.7 Å². The van der Waals surface area contributed by atoms with Crippen LogP contribution in [-0.2, 0) is 17.8 Å². The molecular weight excluding hydrogens is 244 g/mol. The average Bonchev–Trinajstić information content (AvgIpc) is 2.71. The molecule has 0 bridgehead atoms. The first-order chi connectivity index (χ1) is 9.08. The number of carbonyl (C=O) groups is 2. The van der Waals surface area contributed by atoms with Gasteiger partial charge in [0.2, 0.25) is 0 Å². The first-order valence-corrected chi connectivity index (χ1v) is 5.87. The number of aliphatic carboxylic acids is 1. The van der Waals surface area contributed by atoms with E-state index in [4.69, 9.17) is 5.11 Å². The van der Waals surface area contributed by atoms with Crippen LogP contribution in [0.15, 0.2) is 30.5 Å². The Morgan fingerprint density at radius 3 is 2.47 bits per heavy atom. The molecule has 1 N–H and O–H groups in total. The van der Waals surface area contributed by atoms with Gasteiger partial charge in [0.1, 0.15) is 5.69 Å². The molecule has 0 fully saturated rings. The number of aryl methyl sites for hydroxylation is 1. The van der Waals surface area contributed by atoms with Gasteiger partial charge in [-0.1, -0.05) is 24.3 Å². The lowest BCUT2D eigenvalue weighted by Gasteiger charge is -2.03. The maximum absolute atomic E-state index is 10.7. The molecule has 0 radical (unpaired) electrons. The molecule has 1 aromatic carbocycles. The molecule has 0 unspecified atom stereocenters. The summed E-state index contributed by atoms with van der Waals surface area (Å²) in [5, 5.41) is 12.8. The van der Waals surface area contributed by atoms with Crippen molar-refractivity contribution in [2.45, 2.75) is 19.9 Å². The zero-order chi connectivity index (χ0) is 13.8. The van der Waals surface area contributed by atoms with Gasteiger partial charge < -0.3 is 5.11 Å². The highest BCUT2D eigenvalue weighted by molar-refractivity contribution is 5.73. The van der Waals surface area contributed by atoms with Crippen LogP contribution < -0.4 is 0 Å². The largest absolute Gasteiger partial charge is 0.481 e. The molecule has 0 aliphatic heterocycles. The van der Waals surface area contributed by atoms with Crippen LogP contribution in [0.2, 0.25) is 0 Å². The van der Waals surface area contributed by atoms with Crippen molar-refractivity contribution in [2.24, 2.45) is 0 Å². The molecule has 1 heterocycles. The number of carbonyl (C=O) groups excluding carboxylic acids is 1. The lowest BCUT2D eigenvalue weighted by Crippen LogP contribution is -2.02. The topological polar surface area (TPSA) is 72.2 Å². The molecule has 19 heavy (non-hydrogen) atoms. The molecule has 5 nitrogen and oxygen atoms in total. The molecule has 0 amide bonds. The molecule has 0 aliphatic rings. The second-order valence-corrected chi connectivity index (χ2v) is 4.40. The highest BCUT2D eigenvalue weighted by Gasteiger charge is 2.05. The van der Waals surface area contributed by atoms with Crippen LogP contribution in [-0.4, -0.2) is 27.1 Å². The zero-order valence-electron chi connectivity index (χ0n) is 10.5. The lowest BCUT2D eigenvalue weighted by atomic mass is 10.1. The molecule has 5 heteroatoms. The van der Waals surface area contributed by atoms with E-state index in [1.807, 2.05) is 25.3 Å². The molecule has 1 aromatic heterocycles. The van der Waals surface area contributed by atoms with Gasteiger partial charge in [0.15, 0.2) is 6.29 Å². The normalized spacial score (nSPS) is 10.4. The number of aldehydes is 1. The van der Waals surface area contributed by atoms with Crippen molar-refractivity contribution in [1.82, 2.24) is 9.78 Å². The van der Waals surface area contributed by atoms with E-state index in [0.717, 1.165) is 23.0 Å². The summed E-state index contributed by atoms with van der Waals surface area (Å²) >= 11 is 0. The van der Waals surface area contributed by atoms with E-state index in [1.54, 1.807) is 16.8 Å². The van der Waals surface area contributed by atoms with Crippen LogP contribution >= 0.6 is 0 Å². The van der Waals surface area contributed by atoms with Crippen molar-refractivity contribution in [1.29, 1.82) is 0 Å². The maximum atomic E-state index is 10.7. The molecule has 0 saturated carbocycles. The highest BCUT2D eigenvalue weighted by atomic mass is 16.4. The smallest absolute Gasteiger partial charge is 0.307 e. The van der Waals surface area contributed by atoms with E-state index in [0.29, 0.717) is 12.2 Å². The zero-order valence-corrected chi connectivity index (χ0v) is 10.5. The third-order valence-corrected chi connectivity index (χ3v) is 2.82. The Hall–Kier alpha value is -2.43. The van der Waals surface area contributed by atoms with Crippen LogP contribution in [0.4, 0.5) is 0 Å². The van der Waals surface area contributed by atoms with Gasteiger partial charge in [0.05, 0.1) is 13.0 Å². The molecule has 2 rings (SSSR count). The van der Waals surface area contributed by atoms with Crippen molar-refractivity contribution in [3.8, 4) is 0 Å². The van der Waals surface area contributed by atoms with E-state index in [2.05, 4.69) is 5.10 Å². The number of nitrogens with zero attached hydrogens (tertiary/aromatic N) is 2. The Labute approximate surface area is 110 Å². The number of rotatable bonds is 5. The SMILES string of the molecule is Cc1cn(Cc2ccc(CC(=O)O)cc2)nc1C=O. The summed E-state index contributed by atoms with van der Waals surface area (Å²) in [6.45, 7) is 2.39. The van der Waals surface area contributed by atoms with Crippen LogP contribution in [0.25, 0.3) is 0 Å². The third kappa shape index (κ3) is 3.28. The summed E-state index contributed by atoms with van der Waals surface area (Å²) in [6, 6.07) is 7.33. The standard InChI is InChI=1S/C14H14N2O3/c1-10-7-16(15-13(10)9-17)8-12-4-2-11(3-5-12)6-14(18)19/h2-5,7,9H,6,8H2,1H3,(H,18,19). The Bertz CT molecular complexity index is 600. The summed E-state index contributed by atoms with van der Waals surface area (Å²) in [5.41, 5.74) is 3.07. The number of carboxylic acids is 1. The van der Waals surface area contributed by atoms with Crippen molar-refractivity contribution >= 4 is 12.3 Å². The van der Waals surface area contributed by atoms with E-state index in [-0.39, 0.29) is 6.42 Å². The second kappa shape index (κ2) is 5.48. The number of hydrogen-bond acceptors (Lipinski definition) is 3. The van der Waals surface area contributed by atoms with Gasteiger partial charge in [-0.3, -0.25) is 14.3 Å². The monoisotopic (exact) mass is 258 g/mol. The van der Waals surface area contributed by atoms with Gasteiger partial charge in [-0.15, -0.1) is 0 Å². The first kappa shape index (κ1) is 13.0. The van der Waals surface area contributed by atoms with Crippen molar-refractivity contribution in [3.05, 3.63) is 52.8 Å². The highest BCUT2D eigenvalue weighted by Crippen LogP contribution is 2.09. The Balaban J connectivity index is 2.10. The van der Waals surface area contributed by atoms with Crippen molar-refractivity contribution in [3.63, 3.8) is 0 Å². The number of carboxylic acid groups (broad SMARTS) is 1. The predicted molar refractivity (Wildman–Crippen MR) is 69.2 cm³/mol. The third-order valence-electron chi connectivity index (χ3n) is 2.82. The Kier molecular flexibility index (Phi) is 3.75. The van der Waals surface area contributed by atoms with Gasteiger partial charge in [-0.05, 0) is 23.6 Å².